The zero-order valence-electron chi connectivity index (χ0n) is 15.3. The highest BCUT2D eigenvalue weighted by Crippen LogP contribution is 2.18. The molecule has 0 aliphatic carbocycles. The summed E-state index contributed by atoms with van der Waals surface area (Å²) in [7, 11) is 0. The molecule has 0 bridgehead atoms. The van der Waals surface area contributed by atoms with Crippen molar-refractivity contribution in [1.82, 2.24) is 14.9 Å². The summed E-state index contributed by atoms with van der Waals surface area (Å²) in [5.41, 5.74) is 5.08. The van der Waals surface area contributed by atoms with Crippen LogP contribution in [0.25, 0.3) is 16.7 Å². The highest BCUT2D eigenvalue weighted by molar-refractivity contribution is 5.77. The topological polar surface area (TPSA) is 67.2 Å². The van der Waals surface area contributed by atoms with Gasteiger partial charge in [-0.2, -0.15) is 0 Å². The minimum Gasteiger partial charge on any atom is -0.480 e. The van der Waals surface area contributed by atoms with Crippen molar-refractivity contribution in [3.8, 4) is 5.69 Å². The standard InChI is InChI=1S/C23H21N3O2/c27-23(28)21(14-17-6-2-1-3-7-17)24-15-18-10-12-19(13-11-18)26-16-25-20-8-4-5-9-22(20)26/h1-13,16,21,24H,14-15H2,(H,27,28)/t21-/m1/s1. The molecule has 0 aliphatic rings. The molecule has 0 amide bonds. The summed E-state index contributed by atoms with van der Waals surface area (Å²) in [6.45, 7) is 0.495. The Bertz CT molecular complexity index is 1070. The predicted molar refractivity (Wildman–Crippen MR) is 109 cm³/mol. The number of fused-ring (bicyclic) bond motifs is 1. The molecule has 1 heterocycles. The molecule has 5 nitrogen and oxygen atoms in total. The molecule has 0 aliphatic heterocycles. The molecule has 0 unspecified atom stereocenters. The van der Waals surface area contributed by atoms with Crippen LogP contribution < -0.4 is 5.32 Å². The lowest BCUT2D eigenvalue weighted by atomic mass is 10.1. The summed E-state index contributed by atoms with van der Waals surface area (Å²) < 4.78 is 2.04. The number of carboxylic acids is 1. The summed E-state index contributed by atoms with van der Waals surface area (Å²) in [4.78, 5) is 16.0. The van der Waals surface area contributed by atoms with Gasteiger partial charge in [0.15, 0.2) is 0 Å². The first-order chi connectivity index (χ1) is 13.7. The fourth-order valence-corrected chi connectivity index (χ4v) is 3.28. The normalized spacial score (nSPS) is 12.1. The Labute approximate surface area is 163 Å². The number of para-hydroxylation sites is 2. The number of imidazole rings is 1. The van der Waals surface area contributed by atoms with Gasteiger partial charge in [-0.1, -0.05) is 54.6 Å². The molecular weight excluding hydrogens is 350 g/mol. The van der Waals surface area contributed by atoms with Crippen molar-refractivity contribution >= 4 is 17.0 Å². The molecular formula is C23H21N3O2. The molecule has 0 spiro atoms. The van der Waals surface area contributed by atoms with Crippen LogP contribution in [0.1, 0.15) is 11.1 Å². The van der Waals surface area contributed by atoms with E-state index in [1.54, 1.807) is 0 Å². The molecule has 0 radical (unpaired) electrons. The van der Waals surface area contributed by atoms with Crippen molar-refractivity contribution in [2.45, 2.75) is 19.0 Å². The van der Waals surface area contributed by atoms with Crippen molar-refractivity contribution in [1.29, 1.82) is 0 Å². The Morgan fingerprint density at radius 3 is 2.39 bits per heavy atom. The number of rotatable bonds is 7. The Morgan fingerprint density at radius 1 is 0.929 bits per heavy atom. The van der Waals surface area contributed by atoms with Gasteiger partial charge in [-0.05, 0) is 41.8 Å². The van der Waals surface area contributed by atoms with Gasteiger partial charge >= 0.3 is 5.97 Å². The lowest BCUT2D eigenvalue weighted by Gasteiger charge is -2.15. The Morgan fingerprint density at radius 2 is 1.64 bits per heavy atom. The monoisotopic (exact) mass is 371 g/mol. The van der Waals surface area contributed by atoms with Crippen LogP contribution in [0.5, 0.6) is 0 Å². The van der Waals surface area contributed by atoms with Crippen molar-refractivity contribution in [3.05, 3.63) is 96.3 Å². The van der Waals surface area contributed by atoms with Gasteiger partial charge in [0.1, 0.15) is 12.4 Å². The third-order valence-electron chi connectivity index (χ3n) is 4.80. The van der Waals surface area contributed by atoms with E-state index in [-0.39, 0.29) is 0 Å². The Hall–Kier alpha value is -3.44. The highest BCUT2D eigenvalue weighted by Gasteiger charge is 2.17. The highest BCUT2D eigenvalue weighted by atomic mass is 16.4. The molecule has 0 fully saturated rings. The minimum absolute atomic E-state index is 0.454. The first-order valence-electron chi connectivity index (χ1n) is 9.22. The van der Waals surface area contributed by atoms with Crippen molar-refractivity contribution in [2.75, 3.05) is 0 Å². The van der Waals surface area contributed by atoms with Crippen LogP contribution in [-0.4, -0.2) is 26.7 Å². The van der Waals surface area contributed by atoms with Crippen LogP contribution in [-0.2, 0) is 17.8 Å². The fraction of sp³-hybridized carbons (Fsp3) is 0.130. The van der Waals surface area contributed by atoms with Gasteiger partial charge in [-0.15, -0.1) is 0 Å². The number of hydrogen-bond acceptors (Lipinski definition) is 3. The van der Waals surface area contributed by atoms with Crippen LogP contribution in [0.2, 0.25) is 0 Å². The fourth-order valence-electron chi connectivity index (χ4n) is 3.28. The molecule has 1 aromatic heterocycles. The lowest BCUT2D eigenvalue weighted by Crippen LogP contribution is -2.38. The van der Waals surface area contributed by atoms with Crippen molar-refractivity contribution < 1.29 is 9.90 Å². The number of benzene rings is 3. The maximum atomic E-state index is 11.6. The van der Waals surface area contributed by atoms with E-state index in [1.807, 2.05) is 89.8 Å². The Balaban J connectivity index is 1.44. The van der Waals surface area contributed by atoms with Gasteiger partial charge < -0.3 is 10.4 Å². The first-order valence-corrected chi connectivity index (χ1v) is 9.22. The number of hydrogen-bond donors (Lipinski definition) is 2. The van der Waals surface area contributed by atoms with Crippen LogP contribution >= 0.6 is 0 Å². The van der Waals surface area contributed by atoms with Gasteiger partial charge in [-0.3, -0.25) is 9.36 Å². The van der Waals surface area contributed by atoms with Gasteiger partial charge in [-0.25, -0.2) is 4.98 Å². The van der Waals surface area contributed by atoms with Gasteiger partial charge in [0.2, 0.25) is 0 Å². The van der Waals surface area contributed by atoms with Crippen LogP contribution in [0.4, 0.5) is 0 Å². The van der Waals surface area contributed by atoms with E-state index < -0.39 is 12.0 Å². The first kappa shape index (κ1) is 17.9. The number of aliphatic carboxylic acids is 1. The second-order valence-electron chi connectivity index (χ2n) is 6.73. The smallest absolute Gasteiger partial charge is 0.321 e. The predicted octanol–water partition coefficient (Wildman–Crippen LogP) is 3.81. The molecule has 4 rings (SSSR count). The SMILES string of the molecule is O=C(O)[C@@H](Cc1ccccc1)NCc1ccc(-n2cnc3ccccc32)cc1. The lowest BCUT2D eigenvalue weighted by molar-refractivity contribution is -0.139. The van der Waals surface area contributed by atoms with E-state index in [0.29, 0.717) is 13.0 Å². The van der Waals surface area contributed by atoms with Gasteiger partial charge in [0, 0.05) is 12.2 Å². The number of nitrogens with zero attached hydrogens (tertiary/aromatic N) is 2. The second kappa shape index (κ2) is 8.06. The summed E-state index contributed by atoms with van der Waals surface area (Å²) >= 11 is 0. The van der Waals surface area contributed by atoms with E-state index in [0.717, 1.165) is 27.8 Å². The number of carbonyl (C=O) groups is 1. The minimum atomic E-state index is -0.842. The molecule has 5 heteroatoms. The molecule has 0 saturated carbocycles. The van der Waals surface area contributed by atoms with Crippen LogP contribution in [0.3, 0.4) is 0 Å². The average molecular weight is 371 g/mol. The van der Waals surface area contributed by atoms with Crippen molar-refractivity contribution in [3.63, 3.8) is 0 Å². The maximum absolute atomic E-state index is 11.6. The van der Waals surface area contributed by atoms with Gasteiger partial charge in [0.25, 0.3) is 0 Å². The molecule has 0 saturated heterocycles. The van der Waals surface area contributed by atoms with Crippen LogP contribution in [0, 0.1) is 0 Å². The second-order valence-corrected chi connectivity index (χ2v) is 6.73. The molecule has 140 valence electrons. The number of carboxylic acid groups (broad SMARTS) is 1. The largest absolute Gasteiger partial charge is 0.480 e. The average Bonchev–Trinajstić information content (AvgIpc) is 3.16. The number of aromatic nitrogens is 2. The zero-order valence-corrected chi connectivity index (χ0v) is 15.3. The summed E-state index contributed by atoms with van der Waals surface area (Å²) in [5.74, 6) is -0.842. The summed E-state index contributed by atoms with van der Waals surface area (Å²) in [6, 6.07) is 25.1. The van der Waals surface area contributed by atoms with Crippen molar-refractivity contribution in [2.24, 2.45) is 0 Å². The van der Waals surface area contributed by atoms with E-state index >= 15 is 0 Å². The molecule has 28 heavy (non-hydrogen) atoms. The van der Waals surface area contributed by atoms with E-state index in [4.69, 9.17) is 0 Å². The molecule has 2 N–H and O–H groups in total. The zero-order chi connectivity index (χ0) is 19.3. The van der Waals surface area contributed by atoms with E-state index in [9.17, 15) is 9.90 Å². The number of nitrogens with one attached hydrogen (secondary N) is 1. The third kappa shape index (κ3) is 3.94. The summed E-state index contributed by atoms with van der Waals surface area (Å²) in [5, 5.41) is 12.7. The van der Waals surface area contributed by atoms with E-state index in [2.05, 4.69) is 10.3 Å². The van der Waals surface area contributed by atoms with Gasteiger partial charge in [0.05, 0.1) is 11.0 Å². The maximum Gasteiger partial charge on any atom is 0.321 e. The third-order valence-corrected chi connectivity index (χ3v) is 4.80. The molecule has 3 aromatic carbocycles. The van der Waals surface area contributed by atoms with Crippen LogP contribution in [0.15, 0.2) is 85.2 Å². The molecule has 1 atom stereocenters. The van der Waals surface area contributed by atoms with E-state index in [1.165, 1.54) is 0 Å². The molecule has 4 aromatic rings. The summed E-state index contributed by atoms with van der Waals surface area (Å²) in [6.07, 6.45) is 2.27. The Kier molecular flexibility index (Phi) is 5.17. The quantitative estimate of drug-likeness (QED) is 0.518.